The molecule has 3 fully saturated rings. The molecule has 16 heavy (non-hydrogen) atoms. The number of carbonyl (C=O) groups is 1. The second-order valence-electron chi connectivity index (χ2n) is 5.83. The lowest BCUT2D eigenvalue weighted by Crippen LogP contribution is -2.42. The van der Waals surface area contributed by atoms with Crippen molar-refractivity contribution in [1.29, 1.82) is 0 Å². The van der Waals surface area contributed by atoms with Gasteiger partial charge in [-0.3, -0.25) is 4.79 Å². The van der Waals surface area contributed by atoms with Gasteiger partial charge in [0.25, 0.3) is 0 Å². The van der Waals surface area contributed by atoms with E-state index in [1.807, 2.05) is 0 Å². The van der Waals surface area contributed by atoms with Crippen LogP contribution in [-0.4, -0.2) is 25.0 Å². The summed E-state index contributed by atoms with van der Waals surface area (Å²) < 4.78 is 0. The van der Waals surface area contributed by atoms with E-state index in [1.165, 1.54) is 12.8 Å². The highest BCUT2D eigenvalue weighted by atomic mass is 16.2. The maximum Gasteiger partial charge on any atom is 0.226 e. The minimum atomic E-state index is -0.00961. The standard InChI is InChI=1S/C13H22N2O/c1-2-13(5-3-4-6-13)12(16)15-11-9-7-14-8-10(9)11/h9-11,14H,2-8H2,1H3,(H,15,16). The summed E-state index contributed by atoms with van der Waals surface area (Å²) in [6, 6.07) is 0.498. The Kier molecular flexibility index (Phi) is 2.46. The average Bonchev–Trinajstić information content (AvgIpc) is 2.82. The summed E-state index contributed by atoms with van der Waals surface area (Å²) in [5.74, 6) is 1.82. The molecule has 2 atom stereocenters. The van der Waals surface area contributed by atoms with Gasteiger partial charge in [-0.15, -0.1) is 0 Å². The van der Waals surface area contributed by atoms with Crippen LogP contribution in [0.3, 0.4) is 0 Å². The van der Waals surface area contributed by atoms with Crippen LogP contribution in [-0.2, 0) is 4.79 Å². The quantitative estimate of drug-likeness (QED) is 0.755. The topological polar surface area (TPSA) is 41.1 Å². The van der Waals surface area contributed by atoms with E-state index in [0.29, 0.717) is 11.9 Å². The first-order valence-electron chi connectivity index (χ1n) is 6.78. The Bertz CT molecular complexity index is 286. The molecule has 2 unspecified atom stereocenters. The highest BCUT2D eigenvalue weighted by molar-refractivity contribution is 5.83. The molecule has 0 radical (unpaired) electrons. The van der Waals surface area contributed by atoms with Crippen molar-refractivity contribution in [3.05, 3.63) is 0 Å². The fraction of sp³-hybridized carbons (Fsp3) is 0.923. The molecule has 0 aromatic carbocycles. The lowest BCUT2D eigenvalue weighted by Gasteiger charge is -2.26. The summed E-state index contributed by atoms with van der Waals surface area (Å²) in [7, 11) is 0. The van der Waals surface area contributed by atoms with Gasteiger partial charge in [-0.1, -0.05) is 19.8 Å². The first-order valence-corrected chi connectivity index (χ1v) is 6.78. The molecule has 0 spiro atoms. The van der Waals surface area contributed by atoms with Crippen molar-refractivity contribution in [2.75, 3.05) is 13.1 Å². The number of rotatable bonds is 3. The number of carbonyl (C=O) groups excluding carboxylic acids is 1. The van der Waals surface area contributed by atoms with Crippen molar-refractivity contribution in [2.45, 2.75) is 45.1 Å². The lowest BCUT2D eigenvalue weighted by molar-refractivity contribution is -0.131. The van der Waals surface area contributed by atoms with Crippen molar-refractivity contribution in [1.82, 2.24) is 10.6 Å². The summed E-state index contributed by atoms with van der Waals surface area (Å²) in [5, 5.41) is 6.68. The van der Waals surface area contributed by atoms with Gasteiger partial charge >= 0.3 is 0 Å². The van der Waals surface area contributed by atoms with Crippen molar-refractivity contribution in [3.8, 4) is 0 Å². The van der Waals surface area contributed by atoms with Crippen LogP contribution in [0.15, 0.2) is 0 Å². The molecule has 1 aliphatic heterocycles. The van der Waals surface area contributed by atoms with Gasteiger partial charge in [0, 0.05) is 24.5 Å². The van der Waals surface area contributed by atoms with Gasteiger partial charge < -0.3 is 10.6 Å². The van der Waals surface area contributed by atoms with Crippen molar-refractivity contribution >= 4 is 5.91 Å². The van der Waals surface area contributed by atoms with Crippen LogP contribution >= 0.6 is 0 Å². The van der Waals surface area contributed by atoms with Gasteiger partial charge in [0.05, 0.1) is 0 Å². The third kappa shape index (κ3) is 1.48. The van der Waals surface area contributed by atoms with E-state index in [0.717, 1.165) is 44.2 Å². The molecule has 1 saturated heterocycles. The van der Waals surface area contributed by atoms with Crippen LogP contribution in [0.25, 0.3) is 0 Å². The predicted octanol–water partition coefficient (Wildman–Crippen LogP) is 1.29. The van der Waals surface area contributed by atoms with Gasteiger partial charge in [0.1, 0.15) is 0 Å². The van der Waals surface area contributed by atoms with Crippen LogP contribution in [0.4, 0.5) is 0 Å². The Morgan fingerprint density at radius 2 is 1.94 bits per heavy atom. The smallest absolute Gasteiger partial charge is 0.226 e. The molecule has 0 aromatic rings. The molecule has 2 N–H and O–H groups in total. The molecular formula is C13H22N2O. The number of piperidine rings is 1. The van der Waals surface area contributed by atoms with E-state index in [-0.39, 0.29) is 5.41 Å². The number of nitrogens with one attached hydrogen (secondary N) is 2. The highest BCUT2D eigenvalue weighted by Gasteiger charge is 2.55. The van der Waals surface area contributed by atoms with E-state index in [2.05, 4.69) is 17.6 Å². The summed E-state index contributed by atoms with van der Waals surface area (Å²) in [5.41, 5.74) is -0.00961. The number of hydrogen-bond donors (Lipinski definition) is 2. The van der Waals surface area contributed by atoms with Crippen LogP contribution in [0.2, 0.25) is 0 Å². The normalized spacial score (nSPS) is 39.4. The molecule has 90 valence electrons. The number of hydrogen-bond acceptors (Lipinski definition) is 2. The fourth-order valence-electron chi connectivity index (χ4n) is 3.73. The summed E-state index contributed by atoms with van der Waals surface area (Å²) >= 11 is 0. The number of amides is 1. The van der Waals surface area contributed by atoms with Gasteiger partial charge in [0.2, 0.25) is 5.91 Å². The van der Waals surface area contributed by atoms with Crippen LogP contribution < -0.4 is 10.6 Å². The van der Waals surface area contributed by atoms with Gasteiger partial charge in [-0.2, -0.15) is 0 Å². The molecule has 3 heteroatoms. The Morgan fingerprint density at radius 1 is 1.31 bits per heavy atom. The van der Waals surface area contributed by atoms with E-state index in [9.17, 15) is 4.79 Å². The molecule has 2 saturated carbocycles. The maximum absolute atomic E-state index is 12.3. The molecular weight excluding hydrogens is 200 g/mol. The molecule has 0 aromatic heterocycles. The minimum absolute atomic E-state index is 0.00961. The average molecular weight is 222 g/mol. The van der Waals surface area contributed by atoms with Crippen LogP contribution in [0, 0.1) is 17.3 Å². The molecule has 3 nitrogen and oxygen atoms in total. The van der Waals surface area contributed by atoms with Crippen LogP contribution in [0.5, 0.6) is 0 Å². The molecule has 0 bridgehead atoms. The zero-order valence-electron chi connectivity index (χ0n) is 10.1. The molecule has 3 aliphatic rings. The third-order valence-electron chi connectivity index (χ3n) is 5.11. The van der Waals surface area contributed by atoms with Crippen molar-refractivity contribution in [2.24, 2.45) is 17.3 Å². The first-order chi connectivity index (χ1) is 7.77. The van der Waals surface area contributed by atoms with E-state index >= 15 is 0 Å². The second-order valence-corrected chi connectivity index (χ2v) is 5.83. The zero-order chi connectivity index (χ0) is 11.2. The highest BCUT2D eigenvalue weighted by Crippen LogP contribution is 2.45. The molecule has 1 heterocycles. The maximum atomic E-state index is 12.3. The third-order valence-corrected chi connectivity index (χ3v) is 5.11. The molecule has 1 amide bonds. The Labute approximate surface area is 97.4 Å². The first kappa shape index (κ1) is 10.6. The molecule has 3 rings (SSSR count). The fourth-order valence-corrected chi connectivity index (χ4v) is 3.73. The summed E-state index contributed by atoms with van der Waals surface area (Å²) in [4.78, 5) is 12.3. The van der Waals surface area contributed by atoms with Gasteiger partial charge in [-0.05, 0) is 31.1 Å². The summed E-state index contributed by atoms with van der Waals surface area (Å²) in [6.45, 7) is 4.38. The SMILES string of the molecule is CCC1(C(=O)NC2C3CNCC32)CCCC1. The van der Waals surface area contributed by atoms with E-state index < -0.39 is 0 Å². The largest absolute Gasteiger partial charge is 0.352 e. The van der Waals surface area contributed by atoms with Crippen molar-refractivity contribution < 1.29 is 4.79 Å². The Hall–Kier alpha value is -0.570. The minimum Gasteiger partial charge on any atom is -0.352 e. The Balaban J connectivity index is 1.60. The zero-order valence-corrected chi connectivity index (χ0v) is 10.1. The van der Waals surface area contributed by atoms with E-state index in [1.54, 1.807) is 0 Å². The van der Waals surface area contributed by atoms with Crippen LogP contribution in [0.1, 0.15) is 39.0 Å². The molecule has 2 aliphatic carbocycles. The van der Waals surface area contributed by atoms with Gasteiger partial charge in [0.15, 0.2) is 0 Å². The van der Waals surface area contributed by atoms with Crippen molar-refractivity contribution in [3.63, 3.8) is 0 Å². The van der Waals surface area contributed by atoms with E-state index in [4.69, 9.17) is 0 Å². The van der Waals surface area contributed by atoms with Gasteiger partial charge in [-0.25, -0.2) is 0 Å². The monoisotopic (exact) mass is 222 g/mol. The second kappa shape index (κ2) is 3.73. The predicted molar refractivity (Wildman–Crippen MR) is 63.0 cm³/mol. The summed E-state index contributed by atoms with van der Waals surface area (Å²) in [6.07, 6.45) is 5.70. The Morgan fingerprint density at radius 3 is 2.50 bits per heavy atom. The number of fused-ring (bicyclic) bond motifs is 1. The lowest BCUT2D eigenvalue weighted by atomic mass is 9.82.